The number of hydrogen-bond acceptors (Lipinski definition) is 9. The molecule has 2 heterocycles. The average molecular weight is 662 g/mol. The van der Waals surface area contributed by atoms with Crippen LogP contribution in [0.5, 0.6) is 0 Å². The molecule has 1 fully saturated rings. The first-order valence-corrected chi connectivity index (χ1v) is 16.0. The molecule has 1 aliphatic rings. The number of carbonyl (C=O) groups is 4. The number of anilines is 2. The van der Waals surface area contributed by atoms with E-state index in [2.05, 4.69) is 15.2 Å². The Kier molecular flexibility index (Phi) is 13.9. The number of likely N-dealkylation sites (N-methyl/N-ethyl adjacent to an activating group) is 1. The molecule has 48 heavy (non-hydrogen) atoms. The molecule has 1 saturated heterocycles. The van der Waals surface area contributed by atoms with Gasteiger partial charge >= 0.3 is 5.97 Å². The van der Waals surface area contributed by atoms with Gasteiger partial charge in [0.05, 0.1) is 57.4 Å². The summed E-state index contributed by atoms with van der Waals surface area (Å²) in [4.78, 5) is 57.3. The third kappa shape index (κ3) is 10.9. The number of nitrogens with one attached hydrogen (secondary N) is 1. The number of piperidine rings is 1. The number of carboxylic acids is 1. The number of pyridine rings is 1. The van der Waals surface area contributed by atoms with E-state index in [-0.39, 0.29) is 18.9 Å². The predicted octanol–water partition coefficient (Wildman–Crippen LogP) is 3.69. The second kappa shape index (κ2) is 18.5. The lowest BCUT2D eigenvalue weighted by Crippen LogP contribution is -2.30. The zero-order valence-corrected chi connectivity index (χ0v) is 27.2. The van der Waals surface area contributed by atoms with Gasteiger partial charge in [0.1, 0.15) is 0 Å². The SMILES string of the molecule is CN(CCOCCOCCOCCC(=O)O)C(=O)c1cccc(C(=O)Nc2ccc(N3CCCCC3)cc2-c2cc(C(N)=O)ccn2)c1. The van der Waals surface area contributed by atoms with Gasteiger partial charge in [-0.1, -0.05) is 6.07 Å². The van der Waals surface area contributed by atoms with Crippen LogP contribution in [0.25, 0.3) is 11.3 Å². The van der Waals surface area contributed by atoms with E-state index < -0.39 is 17.8 Å². The molecule has 0 bridgehead atoms. The maximum atomic E-state index is 13.5. The Balaban J connectivity index is 1.34. The molecular weight excluding hydrogens is 618 g/mol. The van der Waals surface area contributed by atoms with Gasteiger partial charge in [-0.2, -0.15) is 0 Å². The van der Waals surface area contributed by atoms with E-state index in [9.17, 15) is 19.2 Å². The molecule has 0 unspecified atom stereocenters. The second-order valence-electron chi connectivity index (χ2n) is 11.3. The van der Waals surface area contributed by atoms with Crippen molar-refractivity contribution < 1.29 is 38.5 Å². The van der Waals surface area contributed by atoms with E-state index >= 15 is 0 Å². The smallest absolute Gasteiger partial charge is 0.305 e. The highest BCUT2D eigenvalue weighted by atomic mass is 16.5. The number of carbonyl (C=O) groups excluding carboxylic acids is 3. The summed E-state index contributed by atoms with van der Waals surface area (Å²) in [6.07, 6.45) is 4.87. The number of nitrogens with two attached hydrogens (primary N) is 1. The number of ether oxygens (including phenoxy) is 3. The van der Waals surface area contributed by atoms with Gasteiger partial charge in [0.15, 0.2) is 0 Å². The van der Waals surface area contributed by atoms with Crippen molar-refractivity contribution in [1.82, 2.24) is 9.88 Å². The third-order valence-corrected chi connectivity index (χ3v) is 7.79. The van der Waals surface area contributed by atoms with Gasteiger partial charge in [0, 0.05) is 60.8 Å². The Bertz CT molecular complexity index is 1560. The zero-order valence-electron chi connectivity index (χ0n) is 27.2. The Hall–Kier alpha value is -4.85. The molecule has 0 spiro atoms. The highest BCUT2D eigenvalue weighted by molar-refractivity contribution is 6.08. The van der Waals surface area contributed by atoms with E-state index in [4.69, 9.17) is 25.1 Å². The first-order valence-electron chi connectivity index (χ1n) is 16.0. The van der Waals surface area contributed by atoms with Gasteiger partial charge in [-0.05, 0) is 67.8 Å². The zero-order chi connectivity index (χ0) is 34.3. The number of aromatic nitrogens is 1. The number of primary amides is 1. The summed E-state index contributed by atoms with van der Waals surface area (Å²) in [6, 6.07) is 15.4. The summed E-state index contributed by atoms with van der Waals surface area (Å²) in [5, 5.41) is 11.6. The maximum Gasteiger partial charge on any atom is 0.305 e. The van der Waals surface area contributed by atoms with Gasteiger partial charge in [-0.3, -0.25) is 24.2 Å². The lowest BCUT2D eigenvalue weighted by Gasteiger charge is -2.29. The first kappa shape index (κ1) is 36.0. The summed E-state index contributed by atoms with van der Waals surface area (Å²) < 4.78 is 16.1. The quantitative estimate of drug-likeness (QED) is 0.171. The molecule has 1 aromatic heterocycles. The molecule has 13 heteroatoms. The minimum atomic E-state index is -0.908. The largest absolute Gasteiger partial charge is 0.481 e. The van der Waals surface area contributed by atoms with Crippen molar-refractivity contribution in [2.24, 2.45) is 5.73 Å². The highest BCUT2D eigenvalue weighted by Gasteiger charge is 2.19. The fourth-order valence-corrected chi connectivity index (χ4v) is 5.15. The molecule has 0 atom stereocenters. The number of amides is 3. The van der Waals surface area contributed by atoms with Crippen LogP contribution in [-0.2, 0) is 19.0 Å². The number of aliphatic carboxylic acids is 1. The van der Waals surface area contributed by atoms with Crippen LogP contribution in [-0.4, -0.2) is 105 Å². The normalized spacial score (nSPS) is 12.8. The monoisotopic (exact) mass is 661 g/mol. The minimum absolute atomic E-state index is 0.0464. The van der Waals surface area contributed by atoms with E-state index in [1.807, 2.05) is 18.2 Å². The molecule has 0 radical (unpaired) electrons. The lowest BCUT2D eigenvalue weighted by molar-refractivity contribution is -0.138. The van der Waals surface area contributed by atoms with Crippen molar-refractivity contribution in [3.05, 3.63) is 77.5 Å². The van der Waals surface area contributed by atoms with Crippen LogP contribution in [0.4, 0.5) is 11.4 Å². The summed E-state index contributed by atoms with van der Waals surface area (Å²) in [5.41, 5.74) is 9.17. The minimum Gasteiger partial charge on any atom is -0.481 e. The van der Waals surface area contributed by atoms with Crippen LogP contribution < -0.4 is 16.0 Å². The molecule has 1 aliphatic heterocycles. The summed E-state index contributed by atoms with van der Waals surface area (Å²) in [6.45, 7) is 3.94. The van der Waals surface area contributed by atoms with Crippen molar-refractivity contribution in [3.63, 3.8) is 0 Å². The molecule has 2 aromatic carbocycles. The summed E-state index contributed by atoms with van der Waals surface area (Å²) in [5.74, 6) is -2.14. The molecule has 3 aromatic rings. The molecule has 0 aliphatic carbocycles. The Morgan fingerprint density at radius 3 is 2.25 bits per heavy atom. The number of carboxylic acid groups (broad SMARTS) is 1. The van der Waals surface area contributed by atoms with Gasteiger partial charge in [0.25, 0.3) is 11.8 Å². The summed E-state index contributed by atoms with van der Waals surface area (Å²) >= 11 is 0. The molecule has 13 nitrogen and oxygen atoms in total. The van der Waals surface area contributed by atoms with Gasteiger partial charge in [-0.15, -0.1) is 0 Å². The number of benzene rings is 2. The molecule has 4 N–H and O–H groups in total. The first-order chi connectivity index (χ1) is 23.2. The Morgan fingerprint density at radius 1 is 0.854 bits per heavy atom. The molecular formula is C35H43N5O8. The molecule has 4 rings (SSSR count). The second-order valence-corrected chi connectivity index (χ2v) is 11.3. The van der Waals surface area contributed by atoms with E-state index in [1.54, 1.807) is 43.4 Å². The van der Waals surface area contributed by atoms with Crippen molar-refractivity contribution in [1.29, 1.82) is 0 Å². The molecule has 3 amide bonds. The van der Waals surface area contributed by atoms with Crippen molar-refractivity contribution in [2.45, 2.75) is 25.7 Å². The van der Waals surface area contributed by atoms with Crippen molar-refractivity contribution >= 4 is 35.1 Å². The average Bonchev–Trinajstić information content (AvgIpc) is 3.10. The predicted molar refractivity (Wildman–Crippen MR) is 180 cm³/mol. The van der Waals surface area contributed by atoms with Crippen molar-refractivity contribution in [2.75, 3.05) is 76.5 Å². The van der Waals surface area contributed by atoms with Crippen LogP contribution in [0.3, 0.4) is 0 Å². The van der Waals surface area contributed by atoms with Crippen LogP contribution in [0.1, 0.15) is 56.8 Å². The van der Waals surface area contributed by atoms with E-state index in [1.165, 1.54) is 17.5 Å². The van der Waals surface area contributed by atoms with E-state index in [0.717, 1.165) is 31.6 Å². The highest BCUT2D eigenvalue weighted by Crippen LogP contribution is 2.33. The standard InChI is InChI=1S/C35H43N5O8/c1-39(15-17-47-19-21-48-20-18-46-16-11-32(41)42)35(45)27-7-5-6-26(22-27)34(44)38-30-9-8-28(40-13-3-2-4-14-40)24-29(30)31-23-25(33(36)43)10-12-37-31/h5-10,12,22-24H,2-4,11,13-21H2,1H3,(H2,36,43)(H,38,44)(H,41,42). The Morgan fingerprint density at radius 2 is 1.54 bits per heavy atom. The van der Waals surface area contributed by atoms with Crippen LogP contribution in [0.2, 0.25) is 0 Å². The van der Waals surface area contributed by atoms with Crippen LogP contribution in [0, 0.1) is 0 Å². The van der Waals surface area contributed by atoms with Gasteiger partial charge in [0.2, 0.25) is 5.91 Å². The summed E-state index contributed by atoms with van der Waals surface area (Å²) in [7, 11) is 1.66. The van der Waals surface area contributed by atoms with Crippen LogP contribution >= 0.6 is 0 Å². The molecule has 0 saturated carbocycles. The maximum absolute atomic E-state index is 13.5. The number of rotatable bonds is 18. The van der Waals surface area contributed by atoms with Gasteiger partial charge < -0.3 is 40.2 Å². The van der Waals surface area contributed by atoms with E-state index in [0.29, 0.717) is 73.2 Å². The van der Waals surface area contributed by atoms with Crippen molar-refractivity contribution in [3.8, 4) is 11.3 Å². The lowest BCUT2D eigenvalue weighted by atomic mass is 10.0. The third-order valence-electron chi connectivity index (χ3n) is 7.79. The number of hydrogen-bond donors (Lipinski definition) is 3. The fourth-order valence-electron chi connectivity index (χ4n) is 5.15. The number of nitrogens with zero attached hydrogens (tertiary/aromatic N) is 3. The topological polar surface area (TPSA) is 174 Å². The fraction of sp³-hybridized carbons (Fsp3) is 0.400. The molecule has 256 valence electrons. The van der Waals surface area contributed by atoms with Crippen LogP contribution in [0.15, 0.2) is 60.8 Å². The van der Waals surface area contributed by atoms with Gasteiger partial charge in [-0.25, -0.2) is 0 Å². The Labute approximate surface area is 280 Å².